The average molecular weight is 324 g/mol. The fourth-order valence-corrected chi connectivity index (χ4v) is 5.40. The molecule has 3 heteroatoms. The molecule has 1 saturated carbocycles. The van der Waals surface area contributed by atoms with Crippen LogP contribution in [0, 0.1) is 16.7 Å². The van der Waals surface area contributed by atoms with Gasteiger partial charge < -0.3 is 10.4 Å². The minimum Gasteiger partial charge on any atom is -0.394 e. The van der Waals surface area contributed by atoms with Gasteiger partial charge in [0.2, 0.25) is 5.91 Å². The Bertz CT molecular complexity index is 387. The van der Waals surface area contributed by atoms with Gasteiger partial charge in [0.1, 0.15) is 0 Å². The lowest BCUT2D eigenvalue weighted by Gasteiger charge is -2.51. The van der Waals surface area contributed by atoms with Gasteiger partial charge in [-0.15, -0.1) is 0 Å². The molecular formula is C20H37NO2. The Kier molecular flexibility index (Phi) is 6.53. The zero-order valence-electron chi connectivity index (χ0n) is 15.5. The minimum absolute atomic E-state index is 0.0503. The first-order valence-corrected chi connectivity index (χ1v) is 9.87. The summed E-state index contributed by atoms with van der Waals surface area (Å²) in [5, 5.41) is 12.7. The summed E-state index contributed by atoms with van der Waals surface area (Å²) < 4.78 is 0. The fraction of sp³-hybridized carbons (Fsp3) is 0.950. The number of nitrogens with one attached hydrogen (secondary N) is 1. The number of carbonyl (C=O) groups is 1. The van der Waals surface area contributed by atoms with Crippen molar-refractivity contribution in [3.05, 3.63) is 0 Å². The van der Waals surface area contributed by atoms with Gasteiger partial charge in [-0.1, -0.05) is 46.5 Å². The summed E-state index contributed by atoms with van der Waals surface area (Å²) in [6, 6.07) is -0.0503. The minimum atomic E-state index is -0.0503. The normalized spacial score (nSPS) is 33.7. The molecule has 1 aliphatic heterocycles. The van der Waals surface area contributed by atoms with Crippen molar-refractivity contribution in [2.45, 2.75) is 97.4 Å². The second kappa shape index (κ2) is 8.00. The zero-order chi connectivity index (χ0) is 16.9. The molecule has 3 nitrogen and oxygen atoms in total. The van der Waals surface area contributed by atoms with Gasteiger partial charge in [0.15, 0.2) is 0 Å². The Morgan fingerprint density at radius 3 is 2.43 bits per heavy atom. The lowest BCUT2D eigenvalue weighted by molar-refractivity contribution is -0.123. The van der Waals surface area contributed by atoms with Gasteiger partial charge in [-0.2, -0.15) is 0 Å². The van der Waals surface area contributed by atoms with Gasteiger partial charge in [0.25, 0.3) is 0 Å². The maximum absolute atomic E-state index is 12.1. The molecule has 23 heavy (non-hydrogen) atoms. The van der Waals surface area contributed by atoms with E-state index in [9.17, 15) is 9.90 Å². The first kappa shape index (κ1) is 18.8. The van der Waals surface area contributed by atoms with E-state index < -0.39 is 0 Å². The van der Waals surface area contributed by atoms with Gasteiger partial charge in [0.05, 0.1) is 12.6 Å². The van der Waals surface area contributed by atoms with Gasteiger partial charge in [-0.25, -0.2) is 0 Å². The quantitative estimate of drug-likeness (QED) is 0.728. The average Bonchev–Trinajstić information content (AvgIpc) is 2.65. The first-order valence-electron chi connectivity index (χ1n) is 9.87. The van der Waals surface area contributed by atoms with Crippen LogP contribution in [0.25, 0.3) is 0 Å². The van der Waals surface area contributed by atoms with Crippen LogP contribution in [-0.4, -0.2) is 23.7 Å². The molecule has 0 radical (unpaired) electrons. The Balaban J connectivity index is 2.19. The van der Waals surface area contributed by atoms with E-state index in [1.807, 2.05) is 0 Å². The molecule has 1 aliphatic carbocycles. The van der Waals surface area contributed by atoms with Crippen LogP contribution >= 0.6 is 0 Å². The summed E-state index contributed by atoms with van der Waals surface area (Å²) in [7, 11) is 0. The largest absolute Gasteiger partial charge is 0.394 e. The third-order valence-corrected chi connectivity index (χ3v) is 6.64. The zero-order valence-corrected chi connectivity index (χ0v) is 15.5. The Hall–Kier alpha value is -0.570. The molecule has 1 amide bonds. The predicted octanol–water partition coefficient (Wildman–Crippen LogP) is 4.43. The molecule has 2 aliphatic rings. The van der Waals surface area contributed by atoms with E-state index in [4.69, 9.17) is 0 Å². The third-order valence-electron chi connectivity index (χ3n) is 6.64. The van der Waals surface area contributed by atoms with Gasteiger partial charge in [-0.3, -0.25) is 4.79 Å². The van der Waals surface area contributed by atoms with Crippen molar-refractivity contribution in [3.63, 3.8) is 0 Å². The second-order valence-electron chi connectivity index (χ2n) is 8.63. The third kappa shape index (κ3) is 4.49. The van der Waals surface area contributed by atoms with Crippen molar-refractivity contribution in [1.29, 1.82) is 0 Å². The number of aliphatic hydroxyl groups excluding tert-OH is 1. The number of aliphatic hydroxyl groups is 1. The maximum atomic E-state index is 12.1. The number of carbonyl (C=O) groups excluding carboxylic acids is 1. The topological polar surface area (TPSA) is 49.3 Å². The predicted molar refractivity (Wildman–Crippen MR) is 95.2 cm³/mol. The molecule has 0 aromatic carbocycles. The summed E-state index contributed by atoms with van der Waals surface area (Å²) in [6.07, 6.45) is 13.2. The second-order valence-corrected chi connectivity index (χ2v) is 8.63. The smallest absolute Gasteiger partial charge is 0.220 e. The van der Waals surface area contributed by atoms with Crippen LogP contribution in [0.15, 0.2) is 0 Å². The number of fused-ring (bicyclic) bond motifs is 1. The summed E-state index contributed by atoms with van der Waals surface area (Å²) in [5.41, 5.74) is 0.678. The van der Waals surface area contributed by atoms with E-state index in [1.54, 1.807) is 0 Å². The van der Waals surface area contributed by atoms with Crippen LogP contribution in [-0.2, 0) is 4.79 Å². The van der Waals surface area contributed by atoms with Crippen LogP contribution in [0.2, 0.25) is 0 Å². The number of unbranched alkanes of at least 4 members (excludes halogenated alkanes) is 2. The fourth-order valence-electron chi connectivity index (χ4n) is 5.40. The molecule has 3 atom stereocenters. The van der Waals surface area contributed by atoms with Crippen molar-refractivity contribution in [3.8, 4) is 0 Å². The summed E-state index contributed by atoms with van der Waals surface area (Å²) >= 11 is 0. The van der Waals surface area contributed by atoms with Crippen LogP contribution in [0.4, 0.5) is 0 Å². The van der Waals surface area contributed by atoms with E-state index in [2.05, 4.69) is 26.1 Å². The Morgan fingerprint density at radius 1 is 1.22 bits per heavy atom. The number of hydrogen-bond acceptors (Lipinski definition) is 2. The van der Waals surface area contributed by atoms with Crippen LogP contribution in [0.5, 0.6) is 0 Å². The highest BCUT2D eigenvalue weighted by molar-refractivity contribution is 5.77. The number of rotatable bonds is 7. The van der Waals surface area contributed by atoms with E-state index in [0.29, 0.717) is 17.8 Å². The molecule has 2 rings (SSSR count). The van der Waals surface area contributed by atoms with E-state index in [0.717, 1.165) is 6.42 Å². The highest BCUT2D eigenvalue weighted by Crippen LogP contribution is 2.57. The van der Waals surface area contributed by atoms with Crippen molar-refractivity contribution >= 4 is 5.91 Å². The Labute approximate surface area is 142 Å². The van der Waals surface area contributed by atoms with Crippen LogP contribution in [0.1, 0.15) is 91.4 Å². The Morgan fingerprint density at radius 2 is 1.87 bits per heavy atom. The first-order chi connectivity index (χ1) is 11.0. The lowest BCUT2D eigenvalue weighted by atomic mass is 9.53. The van der Waals surface area contributed by atoms with Gasteiger partial charge >= 0.3 is 0 Å². The molecule has 1 saturated heterocycles. The molecule has 0 aromatic rings. The van der Waals surface area contributed by atoms with Gasteiger partial charge in [0, 0.05) is 6.42 Å². The molecule has 134 valence electrons. The van der Waals surface area contributed by atoms with Crippen molar-refractivity contribution < 1.29 is 9.90 Å². The van der Waals surface area contributed by atoms with Crippen molar-refractivity contribution in [1.82, 2.24) is 5.32 Å². The van der Waals surface area contributed by atoms with E-state index in [-0.39, 0.29) is 24.0 Å². The molecule has 0 unspecified atom stereocenters. The highest BCUT2D eigenvalue weighted by Gasteiger charge is 2.49. The molecule has 0 spiro atoms. The number of hydrogen-bond donors (Lipinski definition) is 2. The van der Waals surface area contributed by atoms with Crippen molar-refractivity contribution in [2.24, 2.45) is 16.7 Å². The van der Waals surface area contributed by atoms with Crippen molar-refractivity contribution in [2.75, 3.05) is 6.61 Å². The molecule has 0 aromatic heterocycles. The molecule has 1 heterocycles. The molecule has 2 fully saturated rings. The van der Waals surface area contributed by atoms with E-state index in [1.165, 1.54) is 57.8 Å². The maximum Gasteiger partial charge on any atom is 0.220 e. The monoisotopic (exact) mass is 323 g/mol. The van der Waals surface area contributed by atoms with E-state index >= 15 is 0 Å². The standard InChI is InChI=1S/C20H37NO2/c1-4-6-9-20(10-7-5-2)11-8-16-12-18(23)21-17(14-22)13-19(16,3)15-20/h16-17,22H,4-15H2,1-3H3,(H,21,23)/t16-,17+,19+/m0/s1. The lowest BCUT2D eigenvalue weighted by Crippen LogP contribution is -2.43. The number of amides is 1. The van der Waals surface area contributed by atoms with Crippen LogP contribution < -0.4 is 5.32 Å². The molecule has 0 bridgehead atoms. The summed E-state index contributed by atoms with van der Waals surface area (Å²) in [5.74, 6) is 0.641. The molecular weight excluding hydrogens is 286 g/mol. The summed E-state index contributed by atoms with van der Waals surface area (Å²) in [4.78, 5) is 12.1. The van der Waals surface area contributed by atoms with Crippen LogP contribution in [0.3, 0.4) is 0 Å². The SMILES string of the molecule is CCCCC1(CCCC)CC[C@H]2CC(=O)N[C@@H](CO)C[C@]2(C)C1. The highest BCUT2D eigenvalue weighted by atomic mass is 16.3. The molecule has 2 N–H and O–H groups in total. The van der Waals surface area contributed by atoms with Gasteiger partial charge in [-0.05, 0) is 55.3 Å². The summed E-state index contributed by atoms with van der Waals surface area (Å²) in [6.45, 7) is 7.05.